The van der Waals surface area contributed by atoms with Crippen LogP contribution in [0.1, 0.15) is 6.92 Å². The number of fused-ring (bicyclic) bond motifs is 1. The summed E-state index contributed by atoms with van der Waals surface area (Å²) in [6.45, 7) is 0.945. The molecule has 0 atom stereocenters. The number of hydrogen-bond acceptors (Lipinski definition) is 8. The highest BCUT2D eigenvalue weighted by Gasteiger charge is 2.35. The fraction of sp³-hybridized carbons (Fsp3) is 0.250. The highest BCUT2D eigenvalue weighted by Crippen LogP contribution is 2.27. The number of anilines is 2. The topological polar surface area (TPSA) is 128 Å². The first kappa shape index (κ1) is 22.2. The van der Waals surface area contributed by atoms with Crippen LogP contribution < -0.4 is 13.8 Å². The van der Waals surface area contributed by atoms with Gasteiger partial charge in [-0.15, -0.1) is 5.10 Å². The molecule has 0 saturated carbocycles. The maximum Gasteiger partial charge on any atom is 0.333 e. The van der Waals surface area contributed by atoms with Crippen molar-refractivity contribution in [3.8, 4) is 6.01 Å². The molecule has 0 spiro atoms. The molecule has 0 saturated heterocycles. The van der Waals surface area contributed by atoms with Gasteiger partial charge in [-0.25, -0.2) is 22.9 Å². The Kier molecular flexibility index (Phi) is 6.26. The minimum Gasteiger partial charge on any atom is -0.464 e. The Morgan fingerprint density at radius 2 is 1.90 bits per heavy atom. The second kappa shape index (κ2) is 8.73. The van der Waals surface area contributed by atoms with E-state index in [1.807, 2.05) is 0 Å². The summed E-state index contributed by atoms with van der Waals surface area (Å²) in [5, 5.41) is 3.73. The third kappa shape index (κ3) is 4.36. The molecule has 0 aliphatic heterocycles. The molecule has 1 N–H and O–H groups in total. The van der Waals surface area contributed by atoms with Gasteiger partial charge in [0.05, 0.1) is 12.8 Å². The van der Waals surface area contributed by atoms with Crippen LogP contribution in [0.2, 0.25) is 0 Å². The second-order valence-electron chi connectivity index (χ2n) is 5.76. The summed E-state index contributed by atoms with van der Waals surface area (Å²) < 4.78 is 80.4. The Hall–Kier alpha value is -3.46. The lowest BCUT2D eigenvalue weighted by Gasteiger charge is -2.22. The van der Waals surface area contributed by atoms with Gasteiger partial charge in [-0.2, -0.15) is 22.2 Å². The van der Waals surface area contributed by atoms with Crippen molar-refractivity contribution in [2.45, 2.75) is 6.92 Å². The largest absolute Gasteiger partial charge is 0.464 e. The van der Waals surface area contributed by atoms with Crippen molar-refractivity contribution in [1.29, 1.82) is 0 Å². The molecule has 0 bridgehead atoms. The molecule has 1 amide bonds. The number of benzene rings is 1. The number of rotatable bonds is 8. The minimum atomic E-state index is -5.03. The van der Waals surface area contributed by atoms with Crippen LogP contribution in [0.3, 0.4) is 0 Å². The molecule has 166 valence electrons. The molecule has 0 unspecified atom stereocenters. The Bertz CT molecular complexity index is 1220. The van der Waals surface area contributed by atoms with E-state index in [9.17, 15) is 26.4 Å². The summed E-state index contributed by atoms with van der Waals surface area (Å²) >= 11 is 0. The summed E-state index contributed by atoms with van der Waals surface area (Å²) in [5.74, 6) is -5.63. The Morgan fingerprint density at radius 3 is 2.52 bits per heavy atom. The zero-order chi connectivity index (χ0) is 22.8. The van der Waals surface area contributed by atoms with Crippen molar-refractivity contribution < 1.29 is 35.9 Å². The number of nitrogens with one attached hydrogen (secondary N) is 1. The number of nitrogens with zero attached hydrogens (tertiary/aromatic N) is 5. The first-order valence-electron chi connectivity index (χ1n) is 8.52. The van der Waals surface area contributed by atoms with Gasteiger partial charge in [-0.1, -0.05) is 6.07 Å². The van der Waals surface area contributed by atoms with Crippen LogP contribution in [0.5, 0.6) is 6.01 Å². The minimum absolute atomic E-state index is 0.139. The zero-order valence-electron chi connectivity index (χ0n) is 16.0. The summed E-state index contributed by atoms with van der Waals surface area (Å²) in [6, 6.07) is 2.32. The third-order valence-corrected chi connectivity index (χ3v) is 4.97. The number of carbonyl (C=O) groups is 1. The molecule has 0 aliphatic rings. The predicted octanol–water partition coefficient (Wildman–Crippen LogP) is 1.28. The zero-order valence-corrected chi connectivity index (χ0v) is 16.9. The number of halogens is 3. The Labute approximate surface area is 173 Å². The number of ether oxygens (including phenoxy) is 2. The van der Waals surface area contributed by atoms with E-state index in [0.717, 1.165) is 36.0 Å². The molecule has 1 aromatic carbocycles. The van der Waals surface area contributed by atoms with Crippen LogP contribution >= 0.6 is 0 Å². The lowest BCUT2D eigenvalue weighted by Crippen LogP contribution is -2.43. The monoisotopic (exact) mass is 460 g/mol. The smallest absolute Gasteiger partial charge is 0.333 e. The quantitative estimate of drug-likeness (QED) is 0.533. The normalized spacial score (nSPS) is 11.5. The summed E-state index contributed by atoms with van der Waals surface area (Å²) in [7, 11) is -3.94. The van der Waals surface area contributed by atoms with Gasteiger partial charge < -0.3 is 9.47 Å². The van der Waals surface area contributed by atoms with Gasteiger partial charge in [0.25, 0.3) is 11.9 Å². The van der Waals surface area contributed by atoms with Crippen LogP contribution in [-0.4, -0.2) is 54.2 Å². The van der Waals surface area contributed by atoms with Crippen LogP contribution in [0.25, 0.3) is 5.65 Å². The molecule has 0 radical (unpaired) electrons. The molecular weight excluding hydrogens is 445 g/mol. The van der Waals surface area contributed by atoms with Crippen molar-refractivity contribution in [3.63, 3.8) is 0 Å². The van der Waals surface area contributed by atoms with E-state index < -0.39 is 57.5 Å². The van der Waals surface area contributed by atoms with Crippen LogP contribution in [0.15, 0.2) is 24.4 Å². The van der Waals surface area contributed by atoms with E-state index >= 15 is 0 Å². The molecule has 0 aliphatic carbocycles. The Morgan fingerprint density at radius 1 is 1.23 bits per heavy atom. The number of carbonyl (C=O) groups excluding carboxylic acids is 1. The number of aromatic nitrogens is 4. The number of amides is 1. The van der Waals surface area contributed by atoms with Gasteiger partial charge in [0.15, 0.2) is 23.1 Å². The molecule has 31 heavy (non-hydrogen) atoms. The van der Waals surface area contributed by atoms with Gasteiger partial charge in [-0.05, 0) is 19.1 Å². The van der Waals surface area contributed by atoms with Crippen molar-refractivity contribution in [2.24, 2.45) is 0 Å². The fourth-order valence-electron chi connectivity index (χ4n) is 2.50. The van der Waals surface area contributed by atoms with E-state index in [4.69, 9.17) is 4.74 Å². The van der Waals surface area contributed by atoms with E-state index in [1.54, 1.807) is 11.6 Å². The van der Waals surface area contributed by atoms with Gasteiger partial charge >= 0.3 is 16.2 Å². The van der Waals surface area contributed by atoms with E-state index in [-0.39, 0.29) is 16.9 Å². The van der Waals surface area contributed by atoms with Gasteiger partial charge in [0, 0.05) is 7.11 Å². The predicted molar refractivity (Wildman–Crippen MR) is 100 cm³/mol. The fourth-order valence-corrected chi connectivity index (χ4v) is 3.64. The summed E-state index contributed by atoms with van der Waals surface area (Å²) in [4.78, 5) is 19.7. The van der Waals surface area contributed by atoms with Gasteiger partial charge in [0.1, 0.15) is 12.3 Å². The molecule has 15 heteroatoms. The van der Waals surface area contributed by atoms with Crippen LogP contribution in [0.4, 0.5) is 24.8 Å². The highest BCUT2D eigenvalue weighted by molar-refractivity contribution is 7.94. The highest BCUT2D eigenvalue weighted by atomic mass is 32.2. The van der Waals surface area contributed by atoms with Crippen LogP contribution in [0, 0.1) is 17.5 Å². The van der Waals surface area contributed by atoms with Crippen molar-refractivity contribution in [1.82, 2.24) is 19.6 Å². The van der Waals surface area contributed by atoms with Gasteiger partial charge in [-0.3, -0.25) is 4.79 Å². The third-order valence-electron chi connectivity index (χ3n) is 3.66. The maximum absolute atomic E-state index is 14.3. The molecule has 11 nitrogen and oxygen atoms in total. The van der Waals surface area contributed by atoms with Crippen molar-refractivity contribution in [2.75, 3.05) is 29.4 Å². The number of methoxy groups -OCH3 is 1. The van der Waals surface area contributed by atoms with Crippen LogP contribution in [-0.2, 0) is 19.7 Å². The van der Waals surface area contributed by atoms with E-state index in [2.05, 4.69) is 19.8 Å². The van der Waals surface area contributed by atoms with E-state index in [0.29, 0.717) is 0 Å². The average Bonchev–Trinajstić information content (AvgIpc) is 3.11. The van der Waals surface area contributed by atoms with Gasteiger partial charge in [0.2, 0.25) is 0 Å². The number of para-hydroxylation sites is 1. The first-order chi connectivity index (χ1) is 14.7. The first-order valence-corrected chi connectivity index (χ1v) is 9.96. The maximum atomic E-state index is 14.3. The molecular formula is C16H15F3N6O5S. The molecule has 3 rings (SSSR count). The Balaban J connectivity index is 2.08. The molecule has 3 aromatic rings. The summed E-state index contributed by atoms with van der Waals surface area (Å²) in [5.41, 5.74) is -1.60. The molecule has 0 fully saturated rings. The number of hydrogen-bond donors (Lipinski definition) is 1. The lowest BCUT2D eigenvalue weighted by atomic mass is 10.3. The standard InChI is InChI=1S/C16H15F3N6O5S/c1-3-30-16-20-7-11(19)14-21-15(22-24(14)16)23-31(27,28)25(12(26)8-29-2)13-9(17)5-4-6-10(13)18/h4-7H,3,8H2,1-2H3,(H,22,23). The van der Waals surface area contributed by atoms with Crippen molar-refractivity contribution >= 4 is 33.4 Å². The molecule has 2 heterocycles. The second-order valence-corrected chi connectivity index (χ2v) is 7.28. The molecule has 2 aromatic heterocycles. The SMILES string of the molecule is CCOc1ncc(F)c2nc(NS(=O)(=O)N(C(=O)COC)c3c(F)cccc3F)nn12. The van der Waals surface area contributed by atoms with E-state index in [1.165, 1.54) is 0 Å². The summed E-state index contributed by atoms with van der Waals surface area (Å²) in [6.07, 6.45) is 0.788. The average molecular weight is 460 g/mol. The lowest BCUT2D eigenvalue weighted by molar-refractivity contribution is -0.121. The van der Waals surface area contributed by atoms with Crippen molar-refractivity contribution in [3.05, 3.63) is 41.8 Å².